The van der Waals surface area contributed by atoms with E-state index in [0.717, 1.165) is 35.0 Å². The van der Waals surface area contributed by atoms with Gasteiger partial charge in [0, 0.05) is 36.3 Å². The third-order valence-corrected chi connectivity index (χ3v) is 4.64. The highest BCUT2D eigenvalue weighted by Crippen LogP contribution is 2.34. The molecule has 5 nitrogen and oxygen atoms in total. The molecule has 4 rings (SSSR count). The van der Waals surface area contributed by atoms with Crippen molar-refractivity contribution in [2.75, 3.05) is 32.3 Å². The SMILES string of the molecule is COc1cccc(N2CCO[C@H]2c2ccn(-c3ccccc3OC)c2)c1. The highest BCUT2D eigenvalue weighted by atomic mass is 16.5. The van der Waals surface area contributed by atoms with E-state index < -0.39 is 0 Å². The van der Waals surface area contributed by atoms with E-state index in [2.05, 4.69) is 27.8 Å². The lowest BCUT2D eigenvalue weighted by Gasteiger charge is -2.25. The number of nitrogens with zero attached hydrogens (tertiary/aromatic N) is 2. The Bertz CT molecular complexity index is 890. The maximum absolute atomic E-state index is 6.03. The number of ether oxygens (including phenoxy) is 3. The van der Waals surface area contributed by atoms with E-state index in [0.29, 0.717) is 6.61 Å². The molecule has 0 unspecified atom stereocenters. The van der Waals surface area contributed by atoms with Crippen molar-refractivity contribution in [3.8, 4) is 17.2 Å². The van der Waals surface area contributed by atoms with Gasteiger partial charge in [0.2, 0.25) is 0 Å². The van der Waals surface area contributed by atoms with Crippen molar-refractivity contribution >= 4 is 5.69 Å². The molecule has 3 aromatic rings. The first kappa shape index (κ1) is 16.5. The van der Waals surface area contributed by atoms with Gasteiger partial charge in [-0.15, -0.1) is 0 Å². The molecule has 0 saturated carbocycles. The van der Waals surface area contributed by atoms with Crippen molar-refractivity contribution in [3.05, 3.63) is 72.6 Å². The molecule has 0 bridgehead atoms. The average molecular weight is 350 g/mol. The van der Waals surface area contributed by atoms with Crippen molar-refractivity contribution in [2.45, 2.75) is 6.23 Å². The predicted octanol–water partition coefficient (Wildman–Crippen LogP) is 4.03. The Morgan fingerprint density at radius 2 is 1.88 bits per heavy atom. The van der Waals surface area contributed by atoms with Gasteiger partial charge in [-0.3, -0.25) is 0 Å². The second-order valence-corrected chi connectivity index (χ2v) is 6.14. The summed E-state index contributed by atoms with van der Waals surface area (Å²) >= 11 is 0. The Morgan fingerprint density at radius 3 is 2.73 bits per heavy atom. The molecule has 2 heterocycles. The molecule has 5 heteroatoms. The molecule has 2 aromatic carbocycles. The van der Waals surface area contributed by atoms with Gasteiger partial charge in [0.05, 0.1) is 26.5 Å². The smallest absolute Gasteiger partial charge is 0.158 e. The van der Waals surface area contributed by atoms with Crippen molar-refractivity contribution in [3.63, 3.8) is 0 Å². The van der Waals surface area contributed by atoms with Crippen LogP contribution in [0.3, 0.4) is 0 Å². The number of rotatable bonds is 5. The van der Waals surface area contributed by atoms with E-state index in [9.17, 15) is 0 Å². The number of hydrogen-bond acceptors (Lipinski definition) is 4. The first-order valence-corrected chi connectivity index (χ1v) is 8.64. The molecular weight excluding hydrogens is 328 g/mol. The van der Waals surface area contributed by atoms with Crippen LogP contribution in [-0.2, 0) is 4.74 Å². The minimum Gasteiger partial charge on any atom is -0.497 e. The van der Waals surface area contributed by atoms with Crippen LogP contribution < -0.4 is 14.4 Å². The Hall–Kier alpha value is -2.92. The molecule has 1 fully saturated rings. The quantitative estimate of drug-likeness (QED) is 0.696. The Morgan fingerprint density at radius 1 is 1.00 bits per heavy atom. The number of hydrogen-bond donors (Lipinski definition) is 0. The number of methoxy groups -OCH3 is 2. The van der Waals surface area contributed by atoms with Crippen LogP contribution in [0.25, 0.3) is 5.69 Å². The van der Waals surface area contributed by atoms with Gasteiger partial charge in [0.15, 0.2) is 6.23 Å². The van der Waals surface area contributed by atoms with Crippen LogP contribution in [0.1, 0.15) is 11.8 Å². The van der Waals surface area contributed by atoms with E-state index >= 15 is 0 Å². The van der Waals surface area contributed by atoms with E-state index in [4.69, 9.17) is 14.2 Å². The van der Waals surface area contributed by atoms with Gasteiger partial charge in [-0.1, -0.05) is 18.2 Å². The fourth-order valence-corrected chi connectivity index (χ4v) is 3.35. The third-order valence-electron chi connectivity index (χ3n) is 4.64. The van der Waals surface area contributed by atoms with Crippen LogP contribution in [0, 0.1) is 0 Å². The normalized spacial score (nSPS) is 16.7. The van der Waals surface area contributed by atoms with Crippen molar-refractivity contribution in [2.24, 2.45) is 0 Å². The van der Waals surface area contributed by atoms with Crippen LogP contribution in [0.4, 0.5) is 5.69 Å². The van der Waals surface area contributed by atoms with Crippen molar-refractivity contribution in [1.82, 2.24) is 4.57 Å². The van der Waals surface area contributed by atoms with Gasteiger partial charge in [-0.25, -0.2) is 0 Å². The van der Waals surface area contributed by atoms with Crippen LogP contribution in [0.15, 0.2) is 67.0 Å². The van der Waals surface area contributed by atoms with Crippen molar-refractivity contribution in [1.29, 1.82) is 0 Å². The standard InChI is InChI=1S/C21H22N2O3/c1-24-18-7-5-6-17(14-18)23-12-13-26-21(23)16-10-11-22(15-16)19-8-3-4-9-20(19)25-2/h3-11,14-15,21H,12-13H2,1-2H3/t21-/m0/s1. The maximum Gasteiger partial charge on any atom is 0.158 e. The molecule has 0 N–H and O–H groups in total. The van der Waals surface area contributed by atoms with E-state index in [1.807, 2.05) is 48.7 Å². The zero-order chi connectivity index (χ0) is 17.9. The minimum atomic E-state index is -0.113. The highest BCUT2D eigenvalue weighted by Gasteiger charge is 2.28. The summed E-state index contributed by atoms with van der Waals surface area (Å²) in [5.74, 6) is 1.69. The molecule has 0 radical (unpaired) electrons. The average Bonchev–Trinajstić information content (AvgIpc) is 3.37. The second kappa shape index (κ2) is 7.14. The maximum atomic E-state index is 6.03. The summed E-state index contributed by atoms with van der Waals surface area (Å²) in [5, 5.41) is 0. The fraction of sp³-hybridized carbons (Fsp3) is 0.238. The van der Waals surface area contributed by atoms with E-state index in [1.54, 1.807) is 14.2 Å². The molecule has 1 aromatic heterocycles. The molecule has 1 aliphatic rings. The largest absolute Gasteiger partial charge is 0.497 e. The van der Waals surface area contributed by atoms with E-state index in [1.165, 1.54) is 0 Å². The summed E-state index contributed by atoms with van der Waals surface area (Å²) in [7, 11) is 3.37. The molecular formula is C21H22N2O3. The first-order chi connectivity index (χ1) is 12.8. The zero-order valence-corrected chi connectivity index (χ0v) is 15.0. The van der Waals surface area contributed by atoms with Crippen molar-refractivity contribution < 1.29 is 14.2 Å². The van der Waals surface area contributed by atoms with Gasteiger partial charge in [-0.2, -0.15) is 0 Å². The second-order valence-electron chi connectivity index (χ2n) is 6.14. The molecule has 1 saturated heterocycles. The lowest BCUT2D eigenvalue weighted by Crippen LogP contribution is -2.23. The van der Waals surface area contributed by atoms with Gasteiger partial charge in [0.1, 0.15) is 11.5 Å². The molecule has 0 aliphatic carbocycles. The Balaban J connectivity index is 1.64. The minimum absolute atomic E-state index is 0.113. The first-order valence-electron chi connectivity index (χ1n) is 8.64. The van der Waals surface area contributed by atoms with Crippen LogP contribution in [0.5, 0.6) is 11.5 Å². The lowest BCUT2D eigenvalue weighted by atomic mass is 10.2. The predicted molar refractivity (Wildman–Crippen MR) is 101 cm³/mol. The van der Waals surface area contributed by atoms with Gasteiger partial charge >= 0.3 is 0 Å². The van der Waals surface area contributed by atoms with Gasteiger partial charge < -0.3 is 23.7 Å². The van der Waals surface area contributed by atoms with Gasteiger partial charge in [-0.05, 0) is 30.3 Å². The molecule has 134 valence electrons. The fourth-order valence-electron chi connectivity index (χ4n) is 3.35. The monoisotopic (exact) mass is 350 g/mol. The molecule has 1 aliphatic heterocycles. The lowest BCUT2D eigenvalue weighted by molar-refractivity contribution is 0.114. The summed E-state index contributed by atoms with van der Waals surface area (Å²) < 4.78 is 18.9. The number of para-hydroxylation sites is 2. The number of anilines is 1. The summed E-state index contributed by atoms with van der Waals surface area (Å²) in [5.41, 5.74) is 3.21. The molecule has 0 amide bonds. The topological polar surface area (TPSA) is 35.9 Å². The summed E-state index contributed by atoms with van der Waals surface area (Å²) in [4.78, 5) is 2.25. The number of benzene rings is 2. The Labute approximate surface area is 153 Å². The summed E-state index contributed by atoms with van der Waals surface area (Å²) in [6.45, 7) is 1.54. The summed E-state index contributed by atoms with van der Waals surface area (Å²) in [6.07, 6.45) is 4.03. The van der Waals surface area contributed by atoms with Crippen LogP contribution in [0.2, 0.25) is 0 Å². The Kier molecular flexibility index (Phi) is 4.54. The highest BCUT2D eigenvalue weighted by molar-refractivity contribution is 5.53. The molecule has 1 atom stereocenters. The zero-order valence-electron chi connectivity index (χ0n) is 15.0. The molecule has 0 spiro atoms. The third kappa shape index (κ3) is 3.02. The number of aromatic nitrogens is 1. The van der Waals surface area contributed by atoms with Crippen LogP contribution >= 0.6 is 0 Å². The van der Waals surface area contributed by atoms with E-state index in [-0.39, 0.29) is 6.23 Å². The molecule has 26 heavy (non-hydrogen) atoms. The van der Waals surface area contributed by atoms with Gasteiger partial charge in [0.25, 0.3) is 0 Å². The van der Waals surface area contributed by atoms with Crippen LogP contribution in [-0.4, -0.2) is 31.9 Å². The summed E-state index contributed by atoms with van der Waals surface area (Å²) in [6, 6.07) is 18.2.